The average molecular weight is 234 g/mol. The number of unbranched alkanes of at least 4 members (excludes halogenated alkanes) is 1. The van der Waals surface area contributed by atoms with Gasteiger partial charge in [0.05, 0.1) is 8.07 Å². The predicted octanol–water partition coefficient (Wildman–Crippen LogP) is 3.18. The summed E-state index contributed by atoms with van der Waals surface area (Å²) in [5.74, 6) is 0. The van der Waals surface area contributed by atoms with Crippen LogP contribution in [0.3, 0.4) is 0 Å². The van der Waals surface area contributed by atoms with Gasteiger partial charge >= 0.3 is 0 Å². The highest BCUT2D eigenvalue weighted by Crippen LogP contribution is 2.39. The maximum absolute atomic E-state index is 2.62. The molecule has 3 heteroatoms. The molecule has 0 aromatic heterocycles. The second kappa shape index (κ2) is 8.31. The van der Waals surface area contributed by atoms with Crippen molar-refractivity contribution < 1.29 is 11.0 Å². The van der Waals surface area contributed by atoms with Crippen LogP contribution in [-0.4, -0.2) is 19.0 Å². The molecule has 0 amide bonds. The molecule has 0 aromatic rings. The van der Waals surface area contributed by atoms with Crippen LogP contribution < -0.4 is 0 Å². The van der Waals surface area contributed by atoms with Gasteiger partial charge in [-0.05, 0) is 5.54 Å². The topological polar surface area (TPSA) is 63.0 Å². The molecule has 0 unspecified atom stereocenters. The molecular weight excluding hydrogens is 204 g/mol. The molecule has 4 N–H and O–H groups in total. The summed E-state index contributed by atoms with van der Waals surface area (Å²) >= 11 is 0. The van der Waals surface area contributed by atoms with Crippen molar-refractivity contribution in [2.45, 2.75) is 76.5 Å². The van der Waals surface area contributed by atoms with E-state index in [0.29, 0.717) is 0 Å². The fourth-order valence-corrected chi connectivity index (χ4v) is 6.36. The van der Waals surface area contributed by atoms with Gasteiger partial charge in [-0.25, -0.2) is 0 Å². The molecule has 0 aliphatic heterocycles. The Labute approximate surface area is 96.1 Å². The van der Waals surface area contributed by atoms with Crippen LogP contribution in [0, 0.1) is 0 Å². The third-order valence-corrected chi connectivity index (χ3v) is 8.31. The number of rotatable bonds is 4. The Morgan fingerprint density at radius 1 is 1.00 bits per heavy atom. The van der Waals surface area contributed by atoms with E-state index in [1.807, 2.05) is 0 Å². The average Bonchev–Trinajstić information content (AvgIpc) is 2.16. The number of hydrogen-bond acceptors (Lipinski definition) is 0. The van der Waals surface area contributed by atoms with Gasteiger partial charge in [0.15, 0.2) is 0 Å². The van der Waals surface area contributed by atoms with Crippen molar-refractivity contribution in [2.75, 3.05) is 0 Å². The van der Waals surface area contributed by atoms with E-state index in [1.54, 1.807) is 18.9 Å². The van der Waals surface area contributed by atoms with Gasteiger partial charge in [-0.2, -0.15) is 0 Å². The zero-order chi connectivity index (χ0) is 9.73. The summed E-state index contributed by atoms with van der Waals surface area (Å²) in [5, 5.41) is 0. The Balaban J connectivity index is 0. The van der Waals surface area contributed by atoms with E-state index in [-0.39, 0.29) is 11.0 Å². The van der Waals surface area contributed by atoms with Gasteiger partial charge in [0.2, 0.25) is 0 Å². The van der Waals surface area contributed by atoms with E-state index in [2.05, 4.69) is 20.0 Å². The molecule has 2 nitrogen and oxygen atoms in total. The Hall–Kier alpha value is 0.137. The molecule has 1 saturated carbocycles. The zero-order valence-electron chi connectivity index (χ0n) is 10.7. The summed E-state index contributed by atoms with van der Waals surface area (Å²) < 4.78 is 0. The van der Waals surface area contributed by atoms with Crippen molar-refractivity contribution in [1.29, 1.82) is 0 Å². The van der Waals surface area contributed by atoms with Crippen LogP contribution in [0.2, 0.25) is 24.7 Å². The Bertz CT molecular complexity index is 143. The predicted molar refractivity (Wildman–Crippen MR) is 71.3 cm³/mol. The Morgan fingerprint density at radius 2 is 1.53 bits per heavy atom. The molecule has 0 bridgehead atoms. The standard InChI is InChI=1S/C12H26Si.2H2O/c1-4-5-11-13(2,3)12-9-7-6-8-10-12;;/h12H,4-11H2,1-3H3;2*1H2. The Kier molecular flexibility index (Phi) is 9.71. The van der Waals surface area contributed by atoms with Crippen molar-refractivity contribution in [3.63, 3.8) is 0 Å². The maximum atomic E-state index is 2.62. The molecule has 1 fully saturated rings. The lowest BCUT2D eigenvalue weighted by Gasteiger charge is -2.35. The van der Waals surface area contributed by atoms with Crippen LogP contribution in [0.5, 0.6) is 0 Å². The maximum Gasteiger partial charge on any atom is 0.0504 e. The quantitative estimate of drug-likeness (QED) is 0.671. The van der Waals surface area contributed by atoms with Gasteiger partial charge < -0.3 is 11.0 Å². The van der Waals surface area contributed by atoms with E-state index in [4.69, 9.17) is 0 Å². The molecule has 1 aliphatic carbocycles. The van der Waals surface area contributed by atoms with Crippen molar-refractivity contribution in [3.8, 4) is 0 Å². The monoisotopic (exact) mass is 234 g/mol. The molecule has 0 saturated heterocycles. The minimum atomic E-state index is -0.823. The first-order valence-corrected chi connectivity index (χ1v) is 9.45. The first-order chi connectivity index (χ1) is 6.17. The van der Waals surface area contributed by atoms with E-state index in [9.17, 15) is 0 Å². The molecule has 0 heterocycles. The van der Waals surface area contributed by atoms with Crippen LogP contribution in [-0.2, 0) is 0 Å². The van der Waals surface area contributed by atoms with E-state index < -0.39 is 8.07 Å². The largest absolute Gasteiger partial charge is 0.412 e. The smallest absolute Gasteiger partial charge is 0.0504 e. The van der Waals surface area contributed by atoms with Crippen LogP contribution >= 0.6 is 0 Å². The minimum Gasteiger partial charge on any atom is -0.412 e. The summed E-state index contributed by atoms with van der Waals surface area (Å²) in [5.41, 5.74) is 1.16. The molecule has 94 valence electrons. The third-order valence-electron chi connectivity index (χ3n) is 3.89. The number of hydrogen-bond donors (Lipinski definition) is 0. The van der Waals surface area contributed by atoms with Gasteiger partial charge in [-0.3, -0.25) is 0 Å². The fraction of sp³-hybridized carbons (Fsp3) is 1.00. The van der Waals surface area contributed by atoms with Gasteiger partial charge in [0, 0.05) is 0 Å². The van der Waals surface area contributed by atoms with Crippen molar-refractivity contribution in [2.24, 2.45) is 0 Å². The van der Waals surface area contributed by atoms with E-state index in [1.165, 1.54) is 32.1 Å². The second-order valence-electron chi connectivity index (χ2n) is 5.43. The van der Waals surface area contributed by atoms with Crippen LogP contribution in [0.15, 0.2) is 0 Å². The molecule has 0 radical (unpaired) electrons. The van der Waals surface area contributed by atoms with Gasteiger partial charge in [-0.15, -0.1) is 0 Å². The van der Waals surface area contributed by atoms with Gasteiger partial charge in [-0.1, -0.05) is 71.0 Å². The first kappa shape index (κ1) is 17.5. The van der Waals surface area contributed by atoms with Crippen LogP contribution in [0.1, 0.15) is 51.9 Å². The normalized spacial score (nSPS) is 17.8. The lowest BCUT2D eigenvalue weighted by molar-refractivity contribution is 0.490. The summed E-state index contributed by atoms with van der Waals surface area (Å²) in [7, 11) is -0.823. The van der Waals surface area contributed by atoms with Gasteiger partial charge in [0.25, 0.3) is 0 Å². The molecule has 15 heavy (non-hydrogen) atoms. The lowest BCUT2D eigenvalue weighted by atomic mass is 10.0. The van der Waals surface area contributed by atoms with Crippen molar-refractivity contribution in [1.82, 2.24) is 0 Å². The van der Waals surface area contributed by atoms with Gasteiger partial charge in [0.1, 0.15) is 0 Å². The summed E-state index contributed by atoms with van der Waals surface area (Å²) in [4.78, 5) is 0. The van der Waals surface area contributed by atoms with Crippen molar-refractivity contribution in [3.05, 3.63) is 0 Å². The van der Waals surface area contributed by atoms with Crippen LogP contribution in [0.25, 0.3) is 0 Å². The molecule has 1 rings (SSSR count). The first-order valence-electron chi connectivity index (χ1n) is 6.17. The minimum absolute atomic E-state index is 0. The third kappa shape index (κ3) is 5.69. The molecular formula is C12H30O2Si. The summed E-state index contributed by atoms with van der Waals surface area (Å²) in [6.45, 7) is 7.57. The summed E-state index contributed by atoms with van der Waals surface area (Å²) in [6.07, 6.45) is 10.5. The zero-order valence-corrected chi connectivity index (χ0v) is 11.7. The SMILES string of the molecule is CCCC[Si](C)(C)C1CCCCC1.O.O. The second-order valence-corrected chi connectivity index (χ2v) is 10.7. The lowest BCUT2D eigenvalue weighted by Crippen LogP contribution is -2.33. The highest BCUT2D eigenvalue weighted by molar-refractivity contribution is 6.78. The van der Waals surface area contributed by atoms with Crippen LogP contribution in [0.4, 0.5) is 0 Å². The molecule has 1 aliphatic rings. The Morgan fingerprint density at radius 3 is 2.00 bits per heavy atom. The molecule has 0 spiro atoms. The molecule has 0 aromatic carbocycles. The van der Waals surface area contributed by atoms with E-state index in [0.717, 1.165) is 5.54 Å². The molecule has 0 atom stereocenters. The van der Waals surface area contributed by atoms with E-state index >= 15 is 0 Å². The van der Waals surface area contributed by atoms with Crippen molar-refractivity contribution >= 4 is 8.07 Å². The highest BCUT2D eigenvalue weighted by atomic mass is 28.3. The fourth-order valence-electron chi connectivity index (χ4n) is 2.72. The summed E-state index contributed by atoms with van der Waals surface area (Å²) in [6, 6.07) is 1.58. The highest BCUT2D eigenvalue weighted by Gasteiger charge is 2.31.